The summed E-state index contributed by atoms with van der Waals surface area (Å²) in [6.07, 6.45) is 0. The molecule has 148 valence electrons. The van der Waals surface area contributed by atoms with Gasteiger partial charge in [0.15, 0.2) is 0 Å². The van der Waals surface area contributed by atoms with Gasteiger partial charge in [-0.15, -0.1) is 11.3 Å². The van der Waals surface area contributed by atoms with Crippen LogP contribution in [0.1, 0.15) is 11.4 Å². The first kappa shape index (κ1) is 19.4. The number of nitrogens with zero attached hydrogens (tertiary/aromatic N) is 3. The van der Waals surface area contributed by atoms with Crippen LogP contribution in [0.4, 0.5) is 5.82 Å². The summed E-state index contributed by atoms with van der Waals surface area (Å²) in [6.45, 7) is 3.14. The summed E-state index contributed by atoms with van der Waals surface area (Å²) in [7, 11) is 1.67. The van der Waals surface area contributed by atoms with Gasteiger partial charge in [-0.2, -0.15) is 0 Å². The number of fused-ring (bicyclic) bond motifs is 1. The first-order valence-corrected chi connectivity index (χ1v) is 10.4. The smallest absolute Gasteiger partial charge is 0.142 e. The number of aliphatic hydroxyl groups excluding tert-OH is 1. The average Bonchev–Trinajstić information content (AvgIpc) is 3.17. The van der Waals surface area contributed by atoms with Crippen molar-refractivity contribution >= 4 is 27.4 Å². The zero-order valence-electron chi connectivity index (χ0n) is 16.5. The highest BCUT2D eigenvalue weighted by Gasteiger charge is 2.19. The van der Waals surface area contributed by atoms with Gasteiger partial charge in [0.25, 0.3) is 0 Å². The van der Waals surface area contributed by atoms with Crippen molar-refractivity contribution in [3.63, 3.8) is 0 Å². The van der Waals surface area contributed by atoms with E-state index >= 15 is 0 Å². The molecular formula is C23H23N3O2S. The van der Waals surface area contributed by atoms with Gasteiger partial charge in [-0.1, -0.05) is 42.5 Å². The van der Waals surface area contributed by atoms with Crippen molar-refractivity contribution in [2.75, 3.05) is 25.2 Å². The van der Waals surface area contributed by atoms with E-state index in [4.69, 9.17) is 9.72 Å². The Morgan fingerprint density at radius 2 is 1.79 bits per heavy atom. The molecule has 0 aliphatic heterocycles. The summed E-state index contributed by atoms with van der Waals surface area (Å²) in [4.78, 5) is 12.5. The van der Waals surface area contributed by atoms with Crippen LogP contribution in [0.15, 0.2) is 60.0 Å². The Hall–Kier alpha value is -2.96. The molecule has 0 amide bonds. The third-order valence-electron chi connectivity index (χ3n) is 4.81. The number of anilines is 1. The largest absolute Gasteiger partial charge is 0.497 e. The van der Waals surface area contributed by atoms with Crippen molar-refractivity contribution < 1.29 is 9.84 Å². The maximum absolute atomic E-state index is 9.72. The fourth-order valence-electron chi connectivity index (χ4n) is 3.42. The number of hydrogen-bond acceptors (Lipinski definition) is 6. The predicted molar refractivity (Wildman–Crippen MR) is 119 cm³/mol. The Morgan fingerprint density at radius 3 is 2.48 bits per heavy atom. The Kier molecular flexibility index (Phi) is 5.74. The van der Waals surface area contributed by atoms with Gasteiger partial charge in [0.1, 0.15) is 22.2 Å². The zero-order valence-corrected chi connectivity index (χ0v) is 17.3. The third kappa shape index (κ3) is 4.09. The van der Waals surface area contributed by atoms with Crippen LogP contribution in [0.5, 0.6) is 5.75 Å². The third-order valence-corrected chi connectivity index (χ3v) is 5.69. The van der Waals surface area contributed by atoms with Crippen LogP contribution in [0.2, 0.25) is 0 Å². The summed E-state index contributed by atoms with van der Waals surface area (Å²) >= 11 is 1.62. The first-order chi connectivity index (χ1) is 14.2. The van der Waals surface area contributed by atoms with E-state index < -0.39 is 0 Å². The monoisotopic (exact) mass is 405 g/mol. The van der Waals surface area contributed by atoms with Crippen LogP contribution in [-0.4, -0.2) is 35.3 Å². The molecule has 0 saturated carbocycles. The Morgan fingerprint density at radius 1 is 1.03 bits per heavy atom. The van der Waals surface area contributed by atoms with Crippen molar-refractivity contribution in [2.45, 2.75) is 13.5 Å². The van der Waals surface area contributed by atoms with E-state index in [0.717, 1.165) is 38.7 Å². The van der Waals surface area contributed by atoms with Crippen molar-refractivity contribution in [3.8, 4) is 16.9 Å². The van der Waals surface area contributed by atoms with Crippen LogP contribution in [0.3, 0.4) is 0 Å². The first-order valence-electron chi connectivity index (χ1n) is 9.49. The van der Waals surface area contributed by atoms with Crippen LogP contribution in [0, 0.1) is 6.92 Å². The summed E-state index contributed by atoms with van der Waals surface area (Å²) in [5.74, 6) is 2.41. The Balaban J connectivity index is 1.84. The molecule has 4 rings (SSSR count). The molecule has 0 aliphatic carbocycles. The fraction of sp³-hybridized carbons (Fsp3) is 0.217. The second kappa shape index (κ2) is 8.59. The lowest BCUT2D eigenvalue weighted by molar-refractivity contribution is 0.301. The van der Waals surface area contributed by atoms with Crippen molar-refractivity contribution in [1.29, 1.82) is 0 Å². The van der Waals surface area contributed by atoms with Crippen molar-refractivity contribution in [1.82, 2.24) is 9.97 Å². The lowest BCUT2D eigenvalue weighted by atomic mass is 10.1. The summed E-state index contributed by atoms with van der Waals surface area (Å²) in [5.41, 5.74) is 3.36. The molecule has 0 aliphatic rings. The SMILES string of the molecule is COc1ccc(-c2csc3nc(C)nc(N(CCO)Cc4ccccc4)c23)cc1. The van der Waals surface area contributed by atoms with Gasteiger partial charge in [-0.25, -0.2) is 9.97 Å². The lowest BCUT2D eigenvalue weighted by Crippen LogP contribution is -2.27. The number of ether oxygens (including phenoxy) is 1. The molecule has 0 fully saturated rings. The molecule has 0 unspecified atom stereocenters. The van der Waals surface area contributed by atoms with Gasteiger partial charge in [0.05, 0.1) is 19.1 Å². The fourth-order valence-corrected chi connectivity index (χ4v) is 4.41. The normalized spacial score (nSPS) is 11.0. The van der Waals surface area contributed by atoms with E-state index in [1.807, 2.05) is 37.3 Å². The van der Waals surface area contributed by atoms with Crippen LogP contribution >= 0.6 is 11.3 Å². The maximum Gasteiger partial charge on any atom is 0.142 e. The van der Waals surface area contributed by atoms with Crippen molar-refractivity contribution in [2.24, 2.45) is 0 Å². The highest BCUT2D eigenvalue weighted by Crippen LogP contribution is 2.39. The van der Waals surface area contributed by atoms with E-state index in [1.165, 1.54) is 5.56 Å². The van der Waals surface area contributed by atoms with E-state index in [1.54, 1.807) is 18.4 Å². The van der Waals surface area contributed by atoms with Crippen LogP contribution < -0.4 is 9.64 Å². The molecule has 0 saturated heterocycles. The molecular weight excluding hydrogens is 382 g/mol. The molecule has 2 aromatic heterocycles. The standard InChI is InChI=1S/C23H23N3O2S/c1-16-24-22(26(12-13-27)14-17-6-4-3-5-7-17)21-20(15-29-23(21)25-16)18-8-10-19(28-2)11-9-18/h3-11,15,27H,12-14H2,1-2H3. The summed E-state index contributed by atoms with van der Waals surface area (Å²) in [6, 6.07) is 18.3. The molecule has 0 spiro atoms. The second-order valence-electron chi connectivity index (χ2n) is 6.78. The van der Waals surface area contributed by atoms with E-state index in [0.29, 0.717) is 13.1 Å². The minimum atomic E-state index is 0.0549. The van der Waals surface area contributed by atoms with Gasteiger partial charge in [0.2, 0.25) is 0 Å². The molecule has 2 heterocycles. The highest BCUT2D eigenvalue weighted by molar-refractivity contribution is 7.17. The molecule has 4 aromatic rings. The minimum Gasteiger partial charge on any atom is -0.497 e. The second-order valence-corrected chi connectivity index (χ2v) is 7.64. The number of hydrogen-bond donors (Lipinski definition) is 1. The van der Waals surface area contributed by atoms with Gasteiger partial charge < -0.3 is 14.7 Å². The van der Waals surface area contributed by atoms with Crippen molar-refractivity contribution in [3.05, 3.63) is 71.4 Å². The number of aryl methyl sites for hydroxylation is 1. The number of benzene rings is 2. The highest BCUT2D eigenvalue weighted by atomic mass is 32.1. The topological polar surface area (TPSA) is 58.5 Å². The van der Waals surface area contributed by atoms with Crippen LogP contribution in [-0.2, 0) is 6.54 Å². The zero-order chi connectivity index (χ0) is 20.2. The molecule has 29 heavy (non-hydrogen) atoms. The van der Waals surface area contributed by atoms with Gasteiger partial charge in [0, 0.05) is 24.0 Å². The number of thiophene rings is 1. The molecule has 6 heteroatoms. The number of methoxy groups -OCH3 is 1. The Bertz CT molecular complexity index is 1090. The van der Waals surface area contributed by atoms with Gasteiger partial charge in [-0.05, 0) is 30.2 Å². The molecule has 2 aromatic carbocycles. The average molecular weight is 406 g/mol. The van der Waals surface area contributed by atoms with Gasteiger partial charge in [-0.3, -0.25) is 0 Å². The molecule has 0 bridgehead atoms. The maximum atomic E-state index is 9.72. The quantitative estimate of drug-likeness (QED) is 0.484. The molecule has 0 atom stereocenters. The molecule has 0 radical (unpaired) electrons. The summed E-state index contributed by atoms with van der Waals surface area (Å²) < 4.78 is 5.29. The number of aromatic nitrogens is 2. The molecule has 1 N–H and O–H groups in total. The predicted octanol–water partition coefficient (Wildman–Crippen LogP) is 4.67. The van der Waals surface area contributed by atoms with E-state index in [-0.39, 0.29) is 6.61 Å². The Labute approximate surface area is 174 Å². The lowest BCUT2D eigenvalue weighted by Gasteiger charge is -2.24. The summed E-state index contributed by atoms with van der Waals surface area (Å²) in [5, 5.41) is 12.9. The van der Waals surface area contributed by atoms with E-state index in [9.17, 15) is 5.11 Å². The van der Waals surface area contributed by atoms with E-state index in [2.05, 4.69) is 39.5 Å². The van der Waals surface area contributed by atoms with Gasteiger partial charge >= 0.3 is 0 Å². The number of aliphatic hydroxyl groups is 1. The molecule has 5 nitrogen and oxygen atoms in total. The number of rotatable bonds is 7. The minimum absolute atomic E-state index is 0.0549. The van der Waals surface area contributed by atoms with Crippen LogP contribution in [0.25, 0.3) is 21.3 Å².